The van der Waals surface area contributed by atoms with Crippen molar-refractivity contribution < 1.29 is 4.79 Å². The largest absolute Gasteiger partial charge is 0.287 e. The average Bonchev–Trinajstić information content (AvgIpc) is 2.74. The van der Waals surface area contributed by atoms with E-state index in [0.29, 0.717) is 17.0 Å². The summed E-state index contributed by atoms with van der Waals surface area (Å²) in [5, 5.41) is 5.25. The van der Waals surface area contributed by atoms with Crippen molar-refractivity contribution >= 4 is 29.0 Å². The Labute approximate surface area is 122 Å². The second kappa shape index (κ2) is 5.60. The summed E-state index contributed by atoms with van der Waals surface area (Å²) in [5.41, 5.74) is 2.26. The van der Waals surface area contributed by atoms with Gasteiger partial charge in [0.15, 0.2) is 5.82 Å². The van der Waals surface area contributed by atoms with Crippen LogP contribution in [0.5, 0.6) is 0 Å². The monoisotopic (exact) mass is 288 g/mol. The molecule has 6 heteroatoms. The SMILES string of the molecule is C=C1N=C2C(=O)c3ccc(SC)cc3C2=NN1N.CC. The van der Waals surface area contributed by atoms with Gasteiger partial charge in [0, 0.05) is 16.0 Å². The number of hydrazine groups is 1. The molecule has 0 aromatic heterocycles. The first-order valence-corrected chi connectivity index (χ1v) is 7.49. The van der Waals surface area contributed by atoms with Crippen LogP contribution in [0.25, 0.3) is 0 Å². The summed E-state index contributed by atoms with van der Waals surface area (Å²) in [6.45, 7) is 7.64. The van der Waals surface area contributed by atoms with Crippen LogP contribution in [0.2, 0.25) is 0 Å². The number of ketones is 1. The molecule has 0 spiro atoms. The molecular formula is C14H16N4OS. The zero-order valence-corrected chi connectivity index (χ0v) is 12.5. The van der Waals surface area contributed by atoms with Gasteiger partial charge in [0.05, 0.1) is 0 Å². The van der Waals surface area contributed by atoms with Gasteiger partial charge in [-0.05, 0) is 24.5 Å². The molecule has 0 unspecified atom stereocenters. The minimum atomic E-state index is -0.120. The number of carbonyl (C=O) groups excluding carboxylic acids is 1. The van der Waals surface area contributed by atoms with Crippen LogP contribution in [0.15, 0.2) is 45.6 Å². The van der Waals surface area contributed by atoms with Crippen LogP contribution >= 0.6 is 11.8 Å². The summed E-state index contributed by atoms with van der Waals surface area (Å²) in [6, 6.07) is 5.65. The highest BCUT2D eigenvalue weighted by atomic mass is 32.2. The number of nitrogens with two attached hydrogens (primary N) is 1. The molecule has 1 aromatic rings. The maximum Gasteiger partial charge on any atom is 0.214 e. The Balaban J connectivity index is 0.000000704. The second-order valence-electron chi connectivity index (χ2n) is 3.91. The Kier molecular flexibility index (Phi) is 4.06. The summed E-state index contributed by atoms with van der Waals surface area (Å²) in [4.78, 5) is 17.3. The van der Waals surface area contributed by atoms with E-state index in [1.54, 1.807) is 17.8 Å². The summed E-state index contributed by atoms with van der Waals surface area (Å²) < 4.78 is 0. The summed E-state index contributed by atoms with van der Waals surface area (Å²) in [5.74, 6) is 5.77. The van der Waals surface area contributed by atoms with E-state index in [4.69, 9.17) is 5.84 Å². The molecule has 1 aromatic carbocycles. The number of Topliss-reactive ketones (excluding diaryl/α,β-unsaturated/α-hetero) is 1. The summed E-state index contributed by atoms with van der Waals surface area (Å²) >= 11 is 1.61. The molecule has 1 heterocycles. The van der Waals surface area contributed by atoms with Crippen molar-refractivity contribution in [2.45, 2.75) is 18.7 Å². The Morgan fingerprint density at radius 1 is 1.25 bits per heavy atom. The standard InChI is InChI=1S/C12H10N4OS.C2H6/c1-6-14-11-10(15-16(6)13)9-5-7(18-2)3-4-8(9)12(11)17;1-2/h3-5H,1,13H2,2H3;1-2H3. The van der Waals surface area contributed by atoms with E-state index in [1.807, 2.05) is 32.2 Å². The van der Waals surface area contributed by atoms with E-state index in [9.17, 15) is 4.79 Å². The summed E-state index contributed by atoms with van der Waals surface area (Å²) in [6.07, 6.45) is 1.98. The number of nitrogens with zero attached hydrogens (tertiary/aromatic N) is 3. The van der Waals surface area contributed by atoms with Gasteiger partial charge in [-0.1, -0.05) is 20.4 Å². The van der Waals surface area contributed by atoms with Gasteiger partial charge in [-0.25, -0.2) is 10.8 Å². The number of benzene rings is 1. The first kappa shape index (κ1) is 14.5. The molecule has 5 nitrogen and oxygen atoms in total. The highest BCUT2D eigenvalue weighted by molar-refractivity contribution is 7.98. The van der Waals surface area contributed by atoms with E-state index in [0.717, 1.165) is 15.6 Å². The molecule has 104 valence electrons. The highest BCUT2D eigenvalue weighted by Gasteiger charge is 2.36. The van der Waals surface area contributed by atoms with Gasteiger partial charge in [-0.2, -0.15) is 10.2 Å². The van der Waals surface area contributed by atoms with Crippen LogP contribution in [0.1, 0.15) is 29.8 Å². The first-order chi connectivity index (χ1) is 9.61. The smallest absolute Gasteiger partial charge is 0.214 e. The van der Waals surface area contributed by atoms with E-state index in [2.05, 4.69) is 16.7 Å². The van der Waals surface area contributed by atoms with Gasteiger partial charge in [0.25, 0.3) is 0 Å². The molecule has 3 rings (SSSR count). The molecule has 0 saturated carbocycles. The van der Waals surface area contributed by atoms with E-state index in [1.165, 1.54) is 0 Å². The fraction of sp³-hybridized carbons (Fsp3) is 0.214. The van der Waals surface area contributed by atoms with Gasteiger partial charge < -0.3 is 0 Å². The van der Waals surface area contributed by atoms with Gasteiger partial charge in [0.1, 0.15) is 11.4 Å². The minimum absolute atomic E-state index is 0.120. The van der Waals surface area contributed by atoms with Crippen molar-refractivity contribution in [3.05, 3.63) is 41.7 Å². The Morgan fingerprint density at radius 2 is 1.95 bits per heavy atom. The lowest BCUT2D eigenvalue weighted by Gasteiger charge is -2.17. The van der Waals surface area contributed by atoms with Crippen molar-refractivity contribution in [3.8, 4) is 0 Å². The summed E-state index contributed by atoms with van der Waals surface area (Å²) in [7, 11) is 0. The van der Waals surface area contributed by atoms with Crippen LogP contribution in [0, 0.1) is 0 Å². The fourth-order valence-corrected chi connectivity index (χ4v) is 2.40. The predicted octanol–water partition coefficient (Wildman–Crippen LogP) is 2.44. The van der Waals surface area contributed by atoms with Gasteiger partial charge in [-0.3, -0.25) is 4.79 Å². The topological polar surface area (TPSA) is 71.0 Å². The molecule has 0 bridgehead atoms. The fourth-order valence-electron chi connectivity index (χ4n) is 1.96. The molecule has 0 fully saturated rings. The van der Waals surface area contributed by atoms with Crippen LogP contribution in [0.3, 0.4) is 0 Å². The molecule has 2 aliphatic rings. The lowest BCUT2D eigenvalue weighted by molar-refractivity contribution is 0.106. The predicted molar refractivity (Wildman–Crippen MR) is 83.0 cm³/mol. The normalized spacial score (nSPS) is 15.9. The number of hydrogen-bond acceptors (Lipinski definition) is 6. The third-order valence-electron chi connectivity index (χ3n) is 2.88. The number of rotatable bonds is 1. The Bertz CT molecular complexity index is 649. The molecule has 0 amide bonds. The maximum absolute atomic E-state index is 12.2. The lowest BCUT2D eigenvalue weighted by atomic mass is 10.1. The van der Waals surface area contributed by atoms with Gasteiger partial charge in [0.2, 0.25) is 5.78 Å². The molecule has 1 aliphatic carbocycles. The lowest BCUT2D eigenvalue weighted by Crippen LogP contribution is -2.32. The van der Waals surface area contributed by atoms with Crippen LogP contribution in [0.4, 0.5) is 0 Å². The molecule has 20 heavy (non-hydrogen) atoms. The van der Waals surface area contributed by atoms with E-state index < -0.39 is 0 Å². The molecule has 0 saturated heterocycles. The Hall–Kier alpha value is -1.92. The van der Waals surface area contributed by atoms with Crippen molar-refractivity contribution in [1.82, 2.24) is 5.12 Å². The van der Waals surface area contributed by atoms with Gasteiger partial charge in [-0.15, -0.1) is 11.8 Å². The third kappa shape index (κ3) is 2.17. The average molecular weight is 288 g/mol. The van der Waals surface area contributed by atoms with Crippen LogP contribution in [-0.4, -0.2) is 28.6 Å². The zero-order valence-electron chi connectivity index (χ0n) is 11.7. The minimum Gasteiger partial charge on any atom is -0.287 e. The second-order valence-corrected chi connectivity index (χ2v) is 4.79. The van der Waals surface area contributed by atoms with Crippen molar-refractivity contribution in [3.63, 3.8) is 0 Å². The zero-order chi connectivity index (χ0) is 14.9. The molecule has 0 atom stereocenters. The number of hydrazone groups is 1. The van der Waals surface area contributed by atoms with E-state index in [-0.39, 0.29) is 11.6 Å². The molecular weight excluding hydrogens is 272 g/mol. The number of aliphatic imine (C=N–C) groups is 1. The van der Waals surface area contributed by atoms with Crippen molar-refractivity contribution in [2.24, 2.45) is 15.9 Å². The third-order valence-corrected chi connectivity index (χ3v) is 3.60. The van der Waals surface area contributed by atoms with E-state index >= 15 is 0 Å². The van der Waals surface area contributed by atoms with Crippen molar-refractivity contribution in [1.29, 1.82) is 0 Å². The van der Waals surface area contributed by atoms with Crippen LogP contribution < -0.4 is 5.84 Å². The van der Waals surface area contributed by atoms with Gasteiger partial charge >= 0.3 is 0 Å². The first-order valence-electron chi connectivity index (χ1n) is 6.26. The quantitative estimate of drug-likeness (QED) is 0.636. The number of thioether (sulfide) groups is 1. The molecule has 1 aliphatic heterocycles. The number of carbonyl (C=O) groups is 1. The number of hydrogen-bond donors (Lipinski definition) is 1. The molecule has 2 N–H and O–H groups in total. The highest BCUT2D eigenvalue weighted by Crippen LogP contribution is 2.28. The molecule has 0 radical (unpaired) electrons. The maximum atomic E-state index is 12.2. The van der Waals surface area contributed by atoms with Crippen LogP contribution in [-0.2, 0) is 0 Å². The van der Waals surface area contributed by atoms with Crippen molar-refractivity contribution in [2.75, 3.05) is 6.26 Å². The Morgan fingerprint density at radius 3 is 2.60 bits per heavy atom. The number of fused-ring (bicyclic) bond motifs is 3.